The molecule has 0 radical (unpaired) electrons. The second-order valence-electron chi connectivity index (χ2n) is 6.99. The number of sulfone groups is 1. The molecule has 2 heterocycles. The standard InChI is InChI=1S/C18H26ClNO5S/c1-3-24-16-9-13(8-15(19)17(16)23-2)11-20-14-4-6-25-18(10-14)5-7-26(21,22)12-18/h8-9,14,20H,3-7,10-12H2,1-2H3. The molecule has 146 valence electrons. The summed E-state index contributed by atoms with van der Waals surface area (Å²) < 4.78 is 40.5. The molecule has 2 aliphatic rings. The number of hydrogen-bond acceptors (Lipinski definition) is 6. The van der Waals surface area contributed by atoms with Crippen molar-refractivity contribution in [2.75, 3.05) is 31.8 Å². The van der Waals surface area contributed by atoms with Crippen LogP contribution in [-0.4, -0.2) is 51.9 Å². The molecule has 2 aliphatic heterocycles. The lowest BCUT2D eigenvalue weighted by atomic mass is 9.90. The zero-order valence-corrected chi connectivity index (χ0v) is 16.8. The number of rotatable bonds is 6. The quantitative estimate of drug-likeness (QED) is 0.786. The van der Waals surface area contributed by atoms with E-state index in [2.05, 4.69) is 5.32 Å². The highest BCUT2D eigenvalue weighted by atomic mass is 35.5. The maximum atomic E-state index is 11.8. The van der Waals surface area contributed by atoms with Gasteiger partial charge in [0.1, 0.15) is 0 Å². The minimum atomic E-state index is -2.97. The van der Waals surface area contributed by atoms with Gasteiger partial charge in [-0.2, -0.15) is 0 Å². The molecule has 2 saturated heterocycles. The molecule has 2 fully saturated rings. The fraction of sp³-hybridized carbons (Fsp3) is 0.667. The predicted octanol–water partition coefficient (Wildman–Crippen LogP) is 2.57. The van der Waals surface area contributed by atoms with Crippen molar-refractivity contribution < 1.29 is 22.6 Å². The molecule has 6 nitrogen and oxygen atoms in total. The van der Waals surface area contributed by atoms with Gasteiger partial charge in [-0.25, -0.2) is 8.42 Å². The van der Waals surface area contributed by atoms with Gasteiger partial charge in [0.25, 0.3) is 0 Å². The van der Waals surface area contributed by atoms with Crippen molar-refractivity contribution in [3.63, 3.8) is 0 Å². The number of benzene rings is 1. The Kier molecular flexibility index (Phi) is 6.01. The molecule has 0 bridgehead atoms. The van der Waals surface area contributed by atoms with Gasteiger partial charge in [0, 0.05) is 19.2 Å². The summed E-state index contributed by atoms with van der Waals surface area (Å²) in [7, 11) is -1.40. The Bertz CT molecular complexity index is 754. The highest BCUT2D eigenvalue weighted by molar-refractivity contribution is 7.91. The summed E-state index contributed by atoms with van der Waals surface area (Å²) in [5, 5.41) is 4.04. The van der Waals surface area contributed by atoms with Crippen LogP contribution in [0.15, 0.2) is 12.1 Å². The van der Waals surface area contributed by atoms with E-state index in [1.807, 2.05) is 19.1 Å². The van der Waals surface area contributed by atoms with Crippen molar-refractivity contribution in [1.82, 2.24) is 5.32 Å². The monoisotopic (exact) mass is 403 g/mol. The third kappa shape index (κ3) is 4.44. The highest BCUT2D eigenvalue weighted by Gasteiger charge is 2.46. The van der Waals surface area contributed by atoms with Gasteiger partial charge in [-0.15, -0.1) is 0 Å². The average Bonchev–Trinajstić information content (AvgIpc) is 2.87. The van der Waals surface area contributed by atoms with E-state index in [9.17, 15) is 8.42 Å². The first-order valence-corrected chi connectivity index (χ1v) is 11.1. The van der Waals surface area contributed by atoms with E-state index in [4.69, 9.17) is 25.8 Å². The van der Waals surface area contributed by atoms with Gasteiger partial charge in [-0.3, -0.25) is 0 Å². The average molecular weight is 404 g/mol. The predicted molar refractivity (Wildman–Crippen MR) is 101 cm³/mol. The van der Waals surface area contributed by atoms with E-state index >= 15 is 0 Å². The van der Waals surface area contributed by atoms with Crippen LogP contribution in [0.2, 0.25) is 5.02 Å². The van der Waals surface area contributed by atoms with Gasteiger partial charge in [-0.1, -0.05) is 11.6 Å². The molecular formula is C18H26ClNO5S. The van der Waals surface area contributed by atoms with Crippen molar-refractivity contribution in [1.29, 1.82) is 0 Å². The summed E-state index contributed by atoms with van der Waals surface area (Å²) in [6, 6.07) is 4.01. The van der Waals surface area contributed by atoms with Crippen molar-refractivity contribution in [3.05, 3.63) is 22.7 Å². The van der Waals surface area contributed by atoms with Crippen LogP contribution < -0.4 is 14.8 Å². The lowest BCUT2D eigenvalue weighted by molar-refractivity contribution is -0.0705. The van der Waals surface area contributed by atoms with Gasteiger partial charge >= 0.3 is 0 Å². The topological polar surface area (TPSA) is 73.9 Å². The van der Waals surface area contributed by atoms with E-state index < -0.39 is 15.4 Å². The fourth-order valence-corrected chi connectivity index (χ4v) is 6.09. The molecule has 0 aliphatic carbocycles. The van der Waals surface area contributed by atoms with E-state index in [1.54, 1.807) is 7.11 Å². The number of nitrogens with one attached hydrogen (secondary N) is 1. The Morgan fingerprint density at radius 1 is 1.42 bits per heavy atom. The van der Waals surface area contributed by atoms with Crippen molar-refractivity contribution in [2.45, 2.75) is 44.4 Å². The van der Waals surface area contributed by atoms with Crippen LogP contribution in [0.1, 0.15) is 31.7 Å². The van der Waals surface area contributed by atoms with Gasteiger partial charge in [-0.05, 0) is 43.9 Å². The zero-order valence-electron chi connectivity index (χ0n) is 15.2. The second kappa shape index (κ2) is 7.92. The summed E-state index contributed by atoms with van der Waals surface area (Å²) in [6.07, 6.45) is 2.18. The first kappa shape index (κ1) is 19.7. The molecule has 1 N–H and O–H groups in total. The van der Waals surface area contributed by atoms with Crippen LogP contribution in [0.25, 0.3) is 0 Å². The number of halogens is 1. The minimum Gasteiger partial charge on any atom is -0.491 e. The fourth-order valence-electron chi connectivity index (χ4n) is 3.81. The van der Waals surface area contributed by atoms with E-state index in [-0.39, 0.29) is 17.5 Å². The third-order valence-electron chi connectivity index (χ3n) is 5.01. The van der Waals surface area contributed by atoms with E-state index in [1.165, 1.54) is 0 Å². The molecule has 8 heteroatoms. The summed E-state index contributed by atoms with van der Waals surface area (Å²) in [4.78, 5) is 0. The molecular weight excluding hydrogens is 378 g/mol. The third-order valence-corrected chi connectivity index (χ3v) is 7.09. The van der Waals surface area contributed by atoms with Gasteiger partial charge in [0.2, 0.25) is 0 Å². The van der Waals surface area contributed by atoms with Crippen molar-refractivity contribution >= 4 is 21.4 Å². The van der Waals surface area contributed by atoms with E-state index in [0.717, 1.165) is 12.0 Å². The molecule has 2 atom stereocenters. The second-order valence-corrected chi connectivity index (χ2v) is 9.58. The number of hydrogen-bond donors (Lipinski definition) is 1. The lowest BCUT2D eigenvalue weighted by Gasteiger charge is -2.37. The maximum Gasteiger partial charge on any atom is 0.179 e. The Morgan fingerprint density at radius 3 is 2.88 bits per heavy atom. The molecule has 26 heavy (non-hydrogen) atoms. The maximum absolute atomic E-state index is 11.8. The van der Waals surface area contributed by atoms with Crippen LogP contribution in [0.3, 0.4) is 0 Å². The SMILES string of the molecule is CCOc1cc(CNC2CCOC3(CCS(=O)(=O)C3)C2)cc(Cl)c1OC. The summed E-state index contributed by atoms with van der Waals surface area (Å²) in [6.45, 7) is 3.65. The Balaban J connectivity index is 1.65. The largest absolute Gasteiger partial charge is 0.491 e. The normalized spacial score (nSPS) is 27.6. The van der Waals surface area contributed by atoms with Crippen LogP contribution in [0.4, 0.5) is 0 Å². The van der Waals surface area contributed by atoms with E-state index in [0.29, 0.717) is 49.1 Å². The zero-order chi connectivity index (χ0) is 18.8. The summed E-state index contributed by atoms with van der Waals surface area (Å²) in [5.41, 5.74) is 0.488. The molecule has 2 unspecified atom stereocenters. The Labute approximate surface area is 160 Å². The molecule has 1 spiro atoms. The first-order chi connectivity index (χ1) is 12.4. The highest BCUT2D eigenvalue weighted by Crippen LogP contribution is 2.37. The smallest absolute Gasteiger partial charge is 0.179 e. The molecule has 1 aromatic carbocycles. The van der Waals surface area contributed by atoms with Gasteiger partial charge in [0.15, 0.2) is 21.3 Å². The molecule has 0 aromatic heterocycles. The van der Waals surface area contributed by atoms with Crippen molar-refractivity contribution in [3.8, 4) is 11.5 Å². The minimum absolute atomic E-state index is 0.140. The van der Waals surface area contributed by atoms with Crippen LogP contribution in [-0.2, 0) is 21.1 Å². The molecule has 3 rings (SSSR count). The number of ether oxygens (including phenoxy) is 3. The Hall–Kier alpha value is -1.02. The van der Waals surface area contributed by atoms with Gasteiger partial charge < -0.3 is 19.5 Å². The van der Waals surface area contributed by atoms with Gasteiger partial charge in [0.05, 0.1) is 35.8 Å². The van der Waals surface area contributed by atoms with Crippen molar-refractivity contribution in [2.24, 2.45) is 0 Å². The molecule has 1 aromatic rings. The van der Waals surface area contributed by atoms with Crippen LogP contribution >= 0.6 is 11.6 Å². The van der Waals surface area contributed by atoms with Crippen LogP contribution in [0, 0.1) is 0 Å². The summed E-state index contributed by atoms with van der Waals surface area (Å²) in [5.74, 6) is 1.54. The molecule has 0 amide bonds. The number of methoxy groups -OCH3 is 1. The first-order valence-electron chi connectivity index (χ1n) is 8.93. The lowest BCUT2D eigenvalue weighted by Crippen LogP contribution is -2.47. The van der Waals surface area contributed by atoms with Crippen LogP contribution in [0.5, 0.6) is 11.5 Å². The molecule has 0 saturated carbocycles. The Morgan fingerprint density at radius 2 is 2.23 bits per heavy atom. The summed E-state index contributed by atoms with van der Waals surface area (Å²) >= 11 is 6.30.